The predicted octanol–water partition coefficient (Wildman–Crippen LogP) is 2.81. The van der Waals surface area contributed by atoms with E-state index < -0.39 is 0 Å². The second-order valence-electron chi connectivity index (χ2n) is 3.46. The van der Waals surface area contributed by atoms with Crippen molar-refractivity contribution in [1.82, 2.24) is 15.1 Å². The lowest BCUT2D eigenvalue weighted by Gasteiger charge is -1.91. The number of thiophene rings is 1. The van der Waals surface area contributed by atoms with Gasteiger partial charge in [-0.3, -0.25) is 0 Å². The lowest BCUT2D eigenvalue weighted by Crippen LogP contribution is -1.87. The number of rotatable bonds is 2. The Labute approximate surface area is 105 Å². The van der Waals surface area contributed by atoms with Gasteiger partial charge in [0.25, 0.3) is 5.89 Å². The second-order valence-corrected chi connectivity index (χ2v) is 5.06. The van der Waals surface area contributed by atoms with Crippen LogP contribution >= 0.6 is 22.7 Å². The Morgan fingerprint density at radius 2 is 2.24 bits per heavy atom. The molecule has 17 heavy (non-hydrogen) atoms. The molecule has 2 N–H and O–H groups in total. The monoisotopic (exact) mass is 264 g/mol. The summed E-state index contributed by atoms with van der Waals surface area (Å²) in [7, 11) is 0. The molecule has 3 aromatic heterocycles. The van der Waals surface area contributed by atoms with Crippen molar-refractivity contribution in [2.75, 3.05) is 5.73 Å². The summed E-state index contributed by atoms with van der Waals surface area (Å²) in [6, 6.07) is 0. The van der Waals surface area contributed by atoms with Crippen molar-refractivity contribution in [1.29, 1.82) is 0 Å². The van der Waals surface area contributed by atoms with Gasteiger partial charge in [0.2, 0.25) is 5.82 Å². The Kier molecular flexibility index (Phi) is 2.41. The molecule has 3 aromatic rings. The molecule has 7 heteroatoms. The average Bonchev–Trinajstić information content (AvgIpc) is 3.01. The Balaban J connectivity index is 2.04. The number of nitrogens with zero attached hydrogens (tertiary/aromatic N) is 3. The van der Waals surface area contributed by atoms with Gasteiger partial charge in [0.15, 0.2) is 0 Å². The lowest BCUT2D eigenvalue weighted by atomic mass is 10.3. The van der Waals surface area contributed by atoms with Gasteiger partial charge in [-0.25, -0.2) is 4.98 Å². The number of aromatic nitrogens is 3. The topological polar surface area (TPSA) is 77.8 Å². The fraction of sp³-hybridized carbons (Fsp3) is 0.100. The molecule has 0 aliphatic heterocycles. The zero-order valence-electron chi connectivity index (χ0n) is 8.88. The quantitative estimate of drug-likeness (QED) is 0.770. The van der Waals surface area contributed by atoms with Crippen molar-refractivity contribution in [3.05, 3.63) is 21.8 Å². The highest BCUT2D eigenvalue weighted by molar-refractivity contribution is 7.14. The number of hydrogen-bond acceptors (Lipinski definition) is 7. The number of anilines is 1. The van der Waals surface area contributed by atoms with Crippen LogP contribution in [0.4, 0.5) is 5.69 Å². The highest BCUT2D eigenvalue weighted by atomic mass is 32.1. The first-order valence-corrected chi connectivity index (χ1v) is 6.64. The van der Waals surface area contributed by atoms with Gasteiger partial charge in [0.1, 0.15) is 10.6 Å². The summed E-state index contributed by atoms with van der Waals surface area (Å²) < 4.78 is 5.20. The van der Waals surface area contributed by atoms with Crippen LogP contribution < -0.4 is 5.73 Å². The molecular formula is C10H8N4OS2. The highest BCUT2D eigenvalue weighted by Gasteiger charge is 2.16. The highest BCUT2D eigenvalue weighted by Crippen LogP contribution is 2.34. The Morgan fingerprint density at radius 1 is 1.35 bits per heavy atom. The Morgan fingerprint density at radius 3 is 2.88 bits per heavy atom. The van der Waals surface area contributed by atoms with E-state index >= 15 is 0 Å². The molecule has 0 unspecified atom stereocenters. The summed E-state index contributed by atoms with van der Waals surface area (Å²) >= 11 is 2.99. The first-order chi connectivity index (χ1) is 8.25. The molecule has 3 heterocycles. The number of thiazole rings is 1. The van der Waals surface area contributed by atoms with Gasteiger partial charge >= 0.3 is 0 Å². The zero-order valence-corrected chi connectivity index (χ0v) is 10.5. The van der Waals surface area contributed by atoms with Crippen LogP contribution in [0, 0.1) is 6.92 Å². The van der Waals surface area contributed by atoms with Gasteiger partial charge in [-0.05, 0) is 17.9 Å². The summed E-state index contributed by atoms with van der Waals surface area (Å²) in [5, 5.41) is 7.74. The molecule has 0 bridgehead atoms. The summed E-state index contributed by atoms with van der Waals surface area (Å²) in [5.74, 6) is 0.940. The van der Waals surface area contributed by atoms with Crippen LogP contribution in [0.2, 0.25) is 0 Å². The lowest BCUT2D eigenvalue weighted by molar-refractivity contribution is 0.433. The van der Waals surface area contributed by atoms with Crippen LogP contribution in [0.3, 0.4) is 0 Å². The summed E-state index contributed by atoms with van der Waals surface area (Å²) in [6.45, 7) is 1.95. The fourth-order valence-corrected chi connectivity index (χ4v) is 2.79. The van der Waals surface area contributed by atoms with Crippen molar-refractivity contribution in [3.8, 4) is 22.3 Å². The minimum Gasteiger partial charge on any atom is -0.397 e. The normalized spacial score (nSPS) is 10.9. The van der Waals surface area contributed by atoms with Gasteiger partial charge in [-0.2, -0.15) is 4.98 Å². The molecule has 0 aromatic carbocycles. The van der Waals surface area contributed by atoms with Crippen molar-refractivity contribution >= 4 is 28.4 Å². The van der Waals surface area contributed by atoms with E-state index in [0.717, 1.165) is 16.1 Å². The molecule has 0 aliphatic rings. The smallest absolute Gasteiger partial charge is 0.270 e. The van der Waals surface area contributed by atoms with Crippen LogP contribution in [0.15, 0.2) is 20.8 Å². The third-order valence-electron chi connectivity index (χ3n) is 2.30. The largest absolute Gasteiger partial charge is 0.397 e. The fourth-order valence-electron chi connectivity index (χ4n) is 1.36. The first-order valence-electron chi connectivity index (χ1n) is 4.82. The molecule has 3 rings (SSSR count). The van der Waals surface area contributed by atoms with E-state index in [1.54, 1.807) is 5.51 Å². The standard InChI is InChI=1S/C10H8N4OS2/c1-5-2-17-8(7(5)11)10-13-9(14-15-10)6-3-16-4-12-6/h2-4H,11H2,1H3. The second kappa shape index (κ2) is 3.94. The number of hydrogen-bond donors (Lipinski definition) is 1. The maximum Gasteiger partial charge on any atom is 0.270 e. The Bertz CT molecular complexity index is 641. The van der Waals surface area contributed by atoms with Crippen LogP contribution in [0.1, 0.15) is 5.56 Å². The number of nitrogens with two attached hydrogens (primary N) is 1. The van der Waals surface area contributed by atoms with E-state index in [4.69, 9.17) is 10.3 Å². The van der Waals surface area contributed by atoms with Gasteiger partial charge in [0.05, 0.1) is 11.2 Å². The minimum absolute atomic E-state index is 0.448. The third-order valence-corrected chi connectivity index (χ3v) is 3.99. The van der Waals surface area contributed by atoms with E-state index in [9.17, 15) is 0 Å². The number of aryl methyl sites for hydroxylation is 1. The van der Waals surface area contributed by atoms with Crippen LogP contribution in [-0.2, 0) is 0 Å². The molecule has 0 radical (unpaired) electrons. The average molecular weight is 264 g/mol. The van der Waals surface area contributed by atoms with E-state index in [-0.39, 0.29) is 0 Å². The Hall–Kier alpha value is -1.73. The molecule has 5 nitrogen and oxygen atoms in total. The maximum absolute atomic E-state index is 5.93. The minimum atomic E-state index is 0.448. The van der Waals surface area contributed by atoms with E-state index in [1.807, 2.05) is 17.7 Å². The first kappa shape index (κ1) is 10.4. The molecular weight excluding hydrogens is 256 g/mol. The molecule has 0 aliphatic carbocycles. The van der Waals surface area contributed by atoms with Crippen molar-refractivity contribution in [2.45, 2.75) is 6.92 Å². The molecule has 0 saturated heterocycles. The SMILES string of the molecule is Cc1csc(-c2nc(-c3cscn3)no2)c1N. The van der Waals surface area contributed by atoms with Gasteiger partial charge < -0.3 is 10.3 Å². The third kappa shape index (κ3) is 1.73. The summed E-state index contributed by atoms with van der Waals surface area (Å²) in [6.07, 6.45) is 0. The van der Waals surface area contributed by atoms with Crippen molar-refractivity contribution in [3.63, 3.8) is 0 Å². The maximum atomic E-state index is 5.93. The summed E-state index contributed by atoms with van der Waals surface area (Å²) in [5.41, 5.74) is 10.1. The van der Waals surface area contributed by atoms with Crippen molar-refractivity contribution < 1.29 is 4.52 Å². The van der Waals surface area contributed by atoms with Crippen LogP contribution in [0.5, 0.6) is 0 Å². The van der Waals surface area contributed by atoms with Gasteiger partial charge in [-0.15, -0.1) is 22.7 Å². The van der Waals surface area contributed by atoms with Crippen molar-refractivity contribution in [2.24, 2.45) is 0 Å². The summed E-state index contributed by atoms with van der Waals surface area (Å²) in [4.78, 5) is 9.24. The van der Waals surface area contributed by atoms with Gasteiger partial charge in [-0.1, -0.05) is 5.16 Å². The van der Waals surface area contributed by atoms with E-state index in [1.165, 1.54) is 22.7 Å². The number of nitrogen functional groups attached to an aromatic ring is 1. The van der Waals surface area contributed by atoms with Crippen LogP contribution in [-0.4, -0.2) is 15.1 Å². The molecule has 0 spiro atoms. The molecule has 0 atom stereocenters. The van der Waals surface area contributed by atoms with Crippen LogP contribution in [0.25, 0.3) is 22.3 Å². The molecule has 0 amide bonds. The van der Waals surface area contributed by atoms with Gasteiger partial charge in [0, 0.05) is 5.38 Å². The van der Waals surface area contributed by atoms with E-state index in [0.29, 0.717) is 17.4 Å². The predicted molar refractivity (Wildman–Crippen MR) is 67.9 cm³/mol. The zero-order chi connectivity index (χ0) is 11.8. The molecule has 86 valence electrons. The van der Waals surface area contributed by atoms with E-state index in [2.05, 4.69) is 15.1 Å². The molecule has 0 fully saturated rings. The molecule has 0 saturated carbocycles.